The normalized spacial score (nSPS) is 14.2. The van der Waals surface area contributed by atoms with Gasteiger partial charge in [0, 0.05) is 38.6 Å². The monoisotopic (exact) mass is 364 g/mol. The third kappa shape index (κ3) is 4.08. The molecule has 1 fully saturated rings. The molecule has 0 aliphatic carbocycles. The summed E-state index contributed by atoms with van der Waals surface area (Å²) in [7, 11) is 0. The van der Waals surface area contributed by atoms with Crippen LogP contribution in [0.2, 0.25) is 0 Å². The van der Waals surface area contributed by atoms with Crippen LogP contribution in [0.3, 0.4) is 0 Å². The van der Waals surface area contributed by atoms with Gasteiger partial charge in [0.15, 0.2) is 5.76 Å². The van der Waals surface area contributed by atoms with Crippen LogP contribution in [0.5, 0.6) is 5.75 Å². The molecule has 1 amide bonds. The fourth-order valence-corrected chi connectivity index (χ4v) is 2.96. The molecule has 0 unspecified atom stereocenters. The summed E-state index contributed by atoms with van der Waals surface area (Å²) in [6.45, 7) is 2.89. The lowest BCUT2D eigenvalue weighted by Crippen LogP contribution is -2.49. The van der Waals surface area contributed by atoms with Crippen LogP contribution in [-0.4, -0.2) is 47.0 Å². The van der Waals surface area contributed by atoms with E-state index in [2.05, 4.69) is 14.9 Å². The summed E-state index contributed by atoms with van der Waals surface area (Å²) in [5, 5.41) is 0. The molecule has 2 aromatic heterocycles. The molecule has 138 valence electrons. The van der Waals surface area contributed by atoms with E-state index in [9.17, 15) is 4.79 Å². The van der Waals surface area contributed by atoms with Crippen LogP contribution in [-0.2, 0) is 6.61 Å². The molecule has 0 N–H and O–H groups in total. The molecule has 1 saturated heterocycles. The highest BCUT2D eigenvalue weighted by Gasteiger charge is 2.25. The van der Waals surface area contributed by atoms with E-state index in [1.54, 1.807) is 35.5 Å². The zero-order valence-corrected chi connectivity index (χ0v) is 14.8. The molecule has 27 heavy (non-hydrogen) atoms. The number of carbonyl (C=O) groups excluding carboxylic acids is 1. The van der Waals surface area contributed by atoms with Crippen LogP contribution >= 0.6 is 0 Å². The first-order valence-corrected chi connectivity index (χ1v) is 8.87. The van der Waals surface area contributed by atoms with Gasteiger partial charge in [0.2, 0.25) is 5.95 Å². The van der Waals surface area contributed by atoms with Crippen molar-refractivity contribution in [1.29, 1.82) is 0 Å². The number of furan rings is 1. The molecule has 3 heterocycles. The first-order chi connectivity index (χ1) is 13.3. The number of rotatable bonds is 5. The van der Waals surface area contributed by atoms with Crippen LogP contribution in [0, 0.1) is 0 Å². The van der Waals surface area contributed by atoms with E-state index in [1.165, 1.54) is 0 Å². The minimum Gasteiger partial charge on any atom is -0.486 e. The number of ether oxygens (including phenoxy) is 1. The first-order valence-electron chi connectivity index (χ1n) is 8.87. The Bertz CT molecular complexity index is 875. The summed E-state index contributed by atoms with van der Waals surface area (Å²) >= 11 is 0. The summed E-state index contributed by atoms with van der Waals surface area (Å²) in [4.78, 5) is 25.1. The number of nitrogens with zero attached hydrogens (tertiary/aromatic N) is 4. The van der Waals surface area contributed by atoms with E-state index in [4.69, 9.17) is 9.15 Å². The Labute approximate surface area is 157 Å². The van der Waals surface area contributed by atoms with Crippen molar-refractivity contribution in [3.05, 3.63) is 72.4 Å². The van der Waals surface area contributed by atoms with E-state index < -0.39 is 0 Å². The van der Waals surface area contributed by atoms with Crippen LogP contribution < -0.4 is 9.64 Å². The smallest absolute Gasteiger partial charge is 0.289 e. The third-order valence-corrected chi connectivity index (χ3v) is 4.40. The van der Waals surface area contributed by atoms with Crippen molar-refractivity contribution in [2.45, 2.75) is 6.61 Å². The zero-order valence-electron chi connectivity index (χ0n) is 14.8. The second-order valence-corrected chi connectivity index (χ2v) is 6.20. The van der Waals surface area contributed by atoms with Crippen molar-refractivity contribution in [3.63, 3.8) is 0 Å². The lowest BCUT2D eigenvalue weighted by molar-refractivity contribution is 0.0710. The van der Waals surface area contributed by atoms with Crippen LogP contribution in [0.15, 0.2) is 65.3 Å². The Morgan fingerprint density at radius 2 is 1.70 bits per heavy atom. The highest BCUT2D eigenvalue weighted by molar-refractivity contribution is 5.91. The third-order valence-electron chi connectivity index (χ3n) is 4.40. The van der Waals surface area contributed by atoms with E-state index in [0.29, 0.717) is 43.6 Å². The molecule has 0 radical (unpaired) electrons. The summed E-state index contributed by atoms with van der Waals surface area (Å²) in [6, 6.07) is 14.8. The molecular formula is C20H20N4O3. The van der Waals surface area contributed by atoms with Crippen molar-refractivity contribution < 1.29 is 13.9 Å². The predicted octanol–water partition coefficient (Wildman–Crippen LogP) is 2.61. The fraction of sp³-hybridized carbons (Fsp3) is 0.250. The Hall–Kier alpha value is -3.35. The maximum absolute atomic E-state index is 12.7. The quantitative estimate of drug-likeness (QED) is 0.693. The molecule has 7 heteroatoms. The number of hydrogen-bond donors (Lipinski definition) is 0. The molecule has 0 bridgehead atoms. The Morgan fingerprint density at radius 1 is 0.963 bits per heavy atom. The zero-order chi connectivity index (χ0) is 18.5. The molecule has 4 rings (SSSR count). The topological polar surface area (TPSA) is 71.7 Å². The van der Waals surface area contributed by atoms with Crippen molar-refractivity contribution in [3.8, 4) is 5.75 Å². The largest absolute Gasteiger partial charge is 0.486 e. The van der Waals surface area contributed by atoms with Gasteiger partial charge >= 0.3 is 0 Å². The summed E-state index contributed by atoms with van der Waals surface area (Å²) in [5.74, 6) is 2.32. The van der Waals surface area contributed by atoms with E-state index >= 15 is 0 Å². The van der Waals surface area contributed by atoms with Gasteiger partial charge in [-0.1, -0.05) is 18.2 Å². The van der Waals surface area contributed by atoms with E-state index in [-0.39, 0.29) is 12.5 Å². The molecule has 0 spiro atoms. The predicted molar refractivity (Wildman–Crippen MR) is 99.6 cm³/mol. The lowest BCUT2D eigenvalue weighted by atomic mass is 10.3. The highest BCUT2D eigenvalue weighted by Crippen LogP contribution is 2.17. The van der Waals surface area contributed by atoms with E-state index in [0.717, 1.165) is 5.75 Å². The average molecular weight is 364 g/mol. The molecule has 1 aromatic carbocycles. The average Bonchev–Trinajstić information content (AvgIpc) is 3.22. The maximum atomic E-state index is 12.7. The Kier molecular flexibility index (Phi) is 5.00. The summed E-state index contributed by atoms with van der Waals surface area (Å²) in [5.41, 5.74) is 0. The van der Waals surface area contributed by atoms with Gasteiger partial charge in [-0.2, -0.15) is 0 Å². The first kappa shape index (κ1) is 17.1. The minimum atomic E-state index is -0.102. The summed E-state index contributed by atoms with van der Waals surface area (Å²) < 4.78 is 11.3. The lowest BCUT2D eigenvalue weighted by Gasteiger charge is -2.34. The Balaban J connectivity index is 1.32. The molecule has 7 nitrogen and oxygen atoms in total. The van der Waals surface area contributed by atoms with Crippen LogP contribution in [0.4, 0.5) is 5.95 Å². The van der Waals surface area contributed by atoms with Crippen LogP contribution in [0.25, 0.3) is 0 Å². The number of para-hydroxylation sites is 1. The van der Waals surface area contributed by atoms with Gasteiger partial charge < -0.3 is 19.0 Å². The van der Waals surface area contributed by atoms with Gasteiger partial charge in [-0.3, -0.25) is 4.79 Å². The number of anilines is 1. The molecule has 0 atom stereocenters. The van der Waals surface area contributed by atoms with Gasteiger partial charge in [-0.15, -0.1) is 0 Å². The molecular weight excluding hydrogens is 344 g/mol. The van der Waals surface area contributed by atoms with Crippen molar-refractivity contribution in [1.82, 2.24) is 14.9 Å². The number of amides is 1. The number of hydrogen-bond acceptors (Lipinski definition) is 6. The second-order valence-electron chi connectivity index (χ2n) is 6.20. The van der Waals surface area contributed by atoms with Gasteiger partial charge in [0.05, 0.1) is 0 Å². The SMILES string of the molecule is O=C(c1ccc(COc2ccccc2)o1)N1CCN(c2ncccn2)CC1. The number of carbonyl (C=O) groups is 1. The molecule has 1 aliphatic heterocycles. The van der Waals surface area contributed by atoms with Crippen molar-refractivity contribution >= 4 is 11.9 Å². The number of benzene rings is 1. The van der Waals surface area contributed by atoms with Gasteiger partial charge in [0.25, 0.3) is 5.91 Å². The molecule has 3 aromatic rings. The van der Waals surface area contributed by atoms with E-state index in [1.807, 2.05) is 30.3 Å². The Morgan fingerprint density at radius 3 is 2.44 bits per heavy atom. The minimum absolute atomic E-state index is 0.102. The van der Waals surface area contributed by atoms with Crippen molar-refractivity contribution in [2.24, 2.45) is 0 Å². The highest BCUT2D eigenvalue weighted by atomic mass is 16.5. The number of piperazine rings is 1. The molecule has 1 aliphatic rings. The second kappa shape index (κ2) is 7.90. The standard InChI is InChI=1S/C20H20N4O3/c25-19(23-11-13-24(14-12-23)20-21-9-4-10-22-20)18-8-7-17(27-18)15-26-16-5-2-1-3-6-16/h1-10H,11-15H2. The van der Waals surface area contributed by atoms with Gasteiger partial charge in [-0.05, 0) is 30.3 Å². The fourth-order valence-electron chi connectivity index (χ4n) is 2.96. The van der Waals surface area contributed by atoms with Gasteiger partial charge in [0.1, 0.15) is 18.1 Å². The molecule has 0 saturated carbocycles. The maximum Gasteiger partial charge on any atom is 0.289 e. The van der Waals surface area contributed by atoms with Crippen LogP contribution in [0.1, 0.15) is 16.3 Å². The summed E-state index contributed by atoms with van der Waals surface area (Å²) in [6.07, 6.45) is 3.45. The number of aromatic nitrogens is 2. The van der Waals surface area contributed by atoms with Crippen molar-refractivity contribution in [2.75, 3.05) is 31.1 Å². The van der Waals surface area contributed by atoms with Gasteiger partial charge in [-0.25, -0.2) is 9.97 Å².